The Hall–Kier alpha value is -3.16. The normalized spacial score (nSPS) is 16.9. The lowest BCUT2D eigenvalue weighted by Gasteiger charge is -2.20. The topological polar surface area (TPSA) is 58.1 Å². The van der Waals surface area contributed by atoms with Crippen LogP contribution in [0.2, 0.25) is 0 Å². The molecule has 1 N–H and O–H groups in total. The van der Waals surface area contributed by atoms with Crippen LogP contribution in [0, 0.1) is 6.92 Å². The molecule has 0 radical (unpaired) electrons. The number of amides is 1. The van der Waals surface area contributed by atoms with Crippen LogP contribution < -0.4 is 5.32 Å². The van der Waals surface area contributed by atoms with Crippen LogP contribution in [0.5, 0.6) is 0 Å². The van der Waals surface area contributed by atoms with E-state index in [0.717, 1.165) is 17.1 Å². The molecule has 0 spiro atoms. The maximum Gasteiger partial charge on any atom is 0.417 e. The van der Waals surface area contributed by atoms with E-state index in [0.29, 0.717) is 30.9 Å². The lowest BCUT2D eigenvalue weighted by molar-refractivity contribution is -0.138. The second kappa shape index (κ2) is 8.32. The molecule has 1 aliphatic heterocycles. The molecule has 1 aromatic heterocycles. The number of nitrogens with one attached hydrogen (secondary N) is 1. The van der Waals surface area contributed by atoms with Crippen LogP contribution in [0.3, 0.4) is 0 Å². The van der Waals surface area contributed by atoms with Gasteiger partial charge in [-0.2, -0.15) is 13.2 Å². The summed E-state index contributed by atoms with van der Waals surface area (Å²) in [6.07, 6.45) is -2.31. The average molecular weight is 457 g/mol. The van der Waals surface area contributed by atoms with Gasteiger partial charge in [0.1, 0.15) is 5.82 Å². The molecule has 4 rings (SSSR count). The molecule has 3 aromatic rings. The molecule has 0 saturated carbocycles. The first-order valence-corrected chi connectivity index (χ1v) is 10.9. The zero-order valence-corrected chi connectivity index (χ0v) is 19.1. The number of carbonyl (C=O) groups excluding carboxylic acids is 1. The molecular formula is C25H27F3N4O. The maximum atomic E-state index is 13.4. The lowest BCUT2D eigenvalue weighted by Crippen LogP contribution is -2.33. The quantitative estimate of drug-likeness (QED) is 0.559. The van der Waals surface area contributed by atoms with Crippen LogP contribution in [0.4, 0.5) is 19.0 Å². The summed E-state index contributed by atoms with van der Waals surface area (Å²) in [6, 6.07) is 9.55. The van der Waals surface area contributed by atoms with Crippen LogP contribution in [-0.2, 0) is 11.6 Å². The van der Waals surface area contributed by atoms with Crippen molar-refractivity contribution in [3.63, 3.8) is 0 Å². The maximum absolute atomic E-state index is 13.4. The van der Waals surface area contributed by atoms with Crippen molar-refractivity contribution in [3.05, 3.63) is 64.8 Å². The number of anilines is 1. The van der Waals surface area contributed by atoms with Crippen LogP contribution in [-0.4, -0.2) is 39.9 Å². The summed E-state index contributed by atoms with van der Waals surface area (Å²) >= 11 is 0. The Labute approximate surface area is 191 Å². The lowest BCUT2D eigenvalue weighted by atomic mass is 9.87. The molecule has 0 aliphatic carbocycles. The molecule has 1 amide bonds. The number of fused-ring (bicyclic) bond motifs is 1. The van der Waals surface area contributed by atoms with Crippen LogP contribution in [0.1, 0.15) is 54.2 Å². The highest BCUT2D eigenvalue weighted by Gasteiger charge is 2.37. The van der Waals surface area contributed by atoms with Crippen molar-refractivity contribution in [3.8, 4) is 0 Å². The highest BCUT2D eigenvalue weighted by atomic mass is 19.4. The van der Waals surface area contributed by atoms with Gasteiger partial charge in [0.25, 0.3) is 5.91 Å². The first kappa shape index (κ1) is 23.0. The van der Waals surface area contributed by atoms with Gasteiger partial charge in [-0.1, -0.05) is 38.5 Å². The van der Waals surface area contributed by atoms with Crippen molar-refractivity contribution in [2.24, 2.45) is 0 Å². The summed E-state index contributed by atoms with van der Waals surface area (Å²) in [7, 11) is 0. The van der Waals surface area contributed by atoms with Gasteiger partial charge in [-0.3, -0.25) is 9.78 Å². The minimum absolute atomic E-state index is 0.00983. The Morgan fingerprint density at radius 1 is 1.09 bits per heavy atom. The Balaban J connectivity index is 1.48. The molecule has 174 valence electrons. The number of halogens is 3. The minimum atomic E-state index is -4.58. The number of hydrogen-bond donors (Lipinski definition) is 1. The molecule has 33 heavy (non-hydrogen) atoms. The molecule has 5 nitrogen and oxygen atoms in total. The van der Waals surface area contributed by atoms with E-state index < -0.39 is 17.6 Å². The molecule has 1 atom stereocenters. The van der Waals surface area contributed by atoms with Crippen LogP contribution in [0.15, 0.2) is 42.6 Å². The molecule has 2 heterocycles. The summed E-state index contributed by atoms with van der Waals surface area (Å²) in [4.78, 5) is 23.5. The zero-order chi connectivity index (χ0) is 24.0. The average Bonchev–Trinajstić information content (AvgIpc) is 3.19. The van der Waals surface area contributed by atoms with Gasteiger partial charge in [0, 0.05) is 19.1 Å². The van der Waals surface area contributed by atoms with Gasteiger partial charge in [-0.15, -0.1) is 0 Å². The van der Waals surface area contributed by atoms with E-state index in [1.165, 1.54) is 22.6 Å². The van der Waals surface area contributed by atoms with Gasteiger partial charge in [-0.05, 0) is 48.6 Å². The van der Waals surface area contributed by atoms with Crippen molar-refractivity contribution < 1.29 is 18.0 Å². The second-order valence-corrected chi connectivity index (χ2v) is 9.64. The van der Waals surface area contributed by atoms with Crippen molar-refractivity contribution in [1.29, 1.82) is 0 Å². The third kappa shape index (κ3) is 4.94. The number of nitrogens with zero attached hydrogens (tertiary/aromatic N) is 3. The summed E-state index contributed by atoms with van der Waals surface area (Å²) < 4.78 is 40.2. The summed E-state index contributed by atoms with van der Waals surface area (Å²) in [5, 5.41) is 3.28. The Morgan fingerprint density at radius 2 is 1.85 bits per heavy atom. The monoisotopic (exact) mass is 456 g/mol. The van der Waals surface area contributed by atoms with Gasteiger partial charge in [-0.25, -0.2) is 4.98 Å². The highest BCUT2D eigenvalue weighted by Crippen LogP contribution is 2.33. The SMILES string of the molecule is Cc1ccc(C(F)(F)F)c(C(=O)N2CCC(Nc3cnc4cc(C(C)(C)C)ccc4n3)C2)c1. The number of rotatable bonds is 3. The van der Waals surface area contributed by atoms with Crippen molar-refractivity contribution in [2.45, 2.75) is 51.7 Å². The molecule has 1 fully saturated rings. The number of hydrogen-bond acceptors (Lipinski definition) is 4. The van der Waals surface area contributed by atoms with Crippen LogP contribution >= 0.6 is 0 Å². The van der Waals surface area contributed by atoms with E-state index in [2.05, 4.69) is 36.1 Å². The number of alkyl halides is 3. The van der Waals surface area contributed by atoms with Crippen molar-refractivity contribution in [1.82, 2.24) is 14.9 Å². The Kier molecular flexibility index (Phi) is 5.80. The van der Waals surface area contributed by atoms with E-state index in [9.17, 15) is 18.0 Å². The molecular weight excluding hydrogens is 429 g/mol. The molecule has 1 saturated heterocycles. The molecule has 0 bridgehead atoms. The third-order valence-corrected chi connectivity index (χ3v) is 5.95. The number of aromatic nitrogens is 2. The second-order valence-electron chi connectivity index (χ2n) is 9.64. The van der Waals surface area contributed by atoms with Gasteiger partial charge < -0.3 is 10.2 Å². The fourth-order valence-electron chi connectivity index (χ4n) is 4.07. The van der Waals surface area contributed by atoms with Crippen molar-refractivity contribution >= 4 is 22.8 Å². The highest BCUT2D eigenvalue weighted by molar-refractivity contribution is 5.96. The van der Waals surface area contributed by atoms with Gasteiger partial charge in [0.2, 0.25) is 0 Å². The zero-order valence-electron chi connectivity index (χ0n) is 19.1. The molecule has 1 aliphatic rings. The van der Waals surface area contributed by atoms with Crippen LogP contribution in [0.25, 0.3) is 11.0 Å². The van der Waals surface area contributed by atoms with Gasteiger partial charge in [0.15, 0.2) is 0 Å². The van der Waals surface area contributed by atoms with Gasteiger partial charge in [0.05, 0.1) is 28.4 Å². The minimum Gasteiger partial charge on any atom is -0.364 e. The number of carbonyl (C=O) groups is 1. The number of benzene rings is 2. The molecule has 8 heteroatoms. The summed E-state index contributed by atoms with van der Waals surface area (Å²) in [6.45, 7) is 8.76. The smallest absolute Gasteiger partial charge is 0.364 e. The standard InChI is InChI=1S/C25H27F3N4O/c1-15-5-7-19(25(26,27)28)18(11-15)23(33)32-10-9-17(14-32)30-22-13-29-21-12-16(24(2,3)4)6-8-20(21)31-22/h5-8,11-13,17H,9-10,14H2,1-4H3,(H,30,31). The number of likely N-dealkylation sites (tertiary alicyclic amines) is 1. The van der Waals surface area contributed by atoms with E-state index in [1.807, 2.05) is 18.2 Å². The summed E-state index contributed by atoms with van der Waals surface area (Å²) in [5.41, 5.74) is 2.15. The third-order valence-electron chi connectivity index (χ3n) is 5.95. The Morgan fingerprint density at radius 3 is 2.55 bits per heavy atom. The summed E-state index contributed by atoms with van der Waals surface area (Å²) in [5.74, 6) is -0.0218. The Bertz CT molecular complexity index is 1200. The molecule has 1 unspecified atom stereocenters. The first-order chi connectivity index (χ1) is 15.4. The molecule has 2 aromatic carbocycles. The largest absolute Gasteiger partial charge is 0.417 e. The van der Waals surface area contributed by atoms with E-state index in [4.69, 9.17) is 0 Å². The van der Waals surface area contributed by atoms with E-state index in [-0.39, 0.29) is 17.0 Å². The fourth-order valence-corrected chi connectivity index (χ4v) is 4.07. The van der Waals surface area contributed by atoms with E-state index >= 15 is 0 Å². The predicted molar refractivity (Wildman–Crippen MR) is 122 cm³/mol. The fraction of sp³-hybridized carbons (Fsp3) is 0.400. The first-order valence-electron chi connectivity index (χ1n) is 10.9. The predicted octanol–water partition coefficient (Wildman–Crippen LogP) is 5.58. The van der Waals surface area contributed by atoms with E-state index in [1.54, 1.807) is 13.1 Å². The van der Waals surface area contributed by atoms with Gasteiger partial charge >= 0.3 is 6.18 Å². The number of aryl methyl sites for hydroxylation is 1. The van der Waals surface area contributed by atoms with Crippen molar-refractivity contribution in [2.75, 3.05) is 18.4 Å².